The van der Waals surface area contributed by atoms with Crippen molar-refractivity contribution in [3.05, 3.63) is 69.4 Å². The molecule has 0 aromatic heterocycles. The van der Waals surface area contributed by atoms with Gasteiger partial charge in [0.1, 0.15) is 23.3 Å². The normalized spacial score (nSPS) is 18.9. The average Bonchev–Trinajstić information content (AvgIpc) is 3.05. The third kappa shape index (κ3) is 3.94. The van der Waals surface area contributed by atoms with E-state index in [1.54, 1.807) is 19.9 Å². The summed E-state index contributed by atoms with van der Waals surface area (Å²) in [6.45, 7) is 3.65. The Bertz CT molecular complexity index is 875. The second-order valence-corrected chi connectivity index (χ2v) is 8.37. The molecule has 1 saturated heterocycles. The fraction of sp³-hybridized carbons (Fsp3) is 0.300. The molecule has 0 radical (unpaired) electrons. The molecule has 4 nitrogen and oxygen atoms in total. The molecule has 0 bridgehead atoms. The predicted octanol–water partition coefficient (Wildman–Crippen LogP) is 5.48. The van der Waals surface area contributed by atoms with Crippen LogP contribution in [0.15, 0.2) is 46.9 Å². The number of carbonyl (C=O) groups is 2. The van der Waals surface area contributed by atoms with Crippen LogP contribution >= 0.6 is 31.9 Å². The van der Waals surface area contributed by atoms with Crippen molar-refractivity contribution in [2.75, 3.05) is 6.61 Å². The van der Waals surface area contributed by atoms with Crippen molar-refractivity contribution in [2.45, 2.75) is 30.6 Å². The Morgan fingerprint density at radius 2 is 1.96 bits per heavy atom. The molecule has 0 saturated carbocycles. The highest BCUT2D eigenvalue weighted by Gasteiger charge is 2.42. The van der Waals surface area contributed by atoms with Crippen molar-refractivity contribution < 1.29 is 18.7 Å². The summed E-state index contributed by atoms with van der Waals surface area (Å²) < 4.78 is 20.3. The van der Waals surface area contributed by atoms with E-state index in [0.29, 0.717) is 5.56 Å². The summed E-state index contributed by atoms with van der Waals surface area (Å²) in [5.74, 6) is -1.32. The molecule has 7 heteroatoms. The molecule has 1 heterocycles. The first-order chi connectivity index (χ1) is 12.8. The van der Waals surface area contributed by atoms with Crippen molar-refractivity contribution in [1.29, 1.82) is 0 Å². The van der Waals surface area contributed by atoms with Crippen LogP contribution < -0.4 is 0 Å². The van der Waals surface area contributed by atoms with E-state index in [1.165, 1.54) is 6.07 Å². The highest BCUT2D eigenvalue weighted by atomic mass is 79.9. The highest BCUT2D eigenvalue weighted by molar-refractivity contribution is 9.10. The van der Waals surface area contributed by atoms with Crippen molar-refractivity contribution in [1.82, 2.24) is 4.90 Å². The summed E-state index contributed by atoms with van der Waals surface area (Å²) in [4.78, 5) is 25.6. The number of ether oxygens (including phenoxy) is 1. The number of alkyl halides is 1. The molecular formula is C20H18Br2FNO3. The SMILES string of the molecule is Cc1cc(F)c([C@H](C)[C@@H](Br)C(=O)N2C(=O)OC[C@H]2c2ccccc2)cc1Br. The molecule has 0 unspecified atom stereocenters. The number of cyclic esters (lactones) is 1. The molecule has 0 N–H and O–H groups in total. The second kappa shape index (κ2) is 8.10. The van der Waals surface area contributed by atoms with E-state index in [9.17, 15) is 14.0 Å². The molecule has 1 aliphatic heterocycles. The fourth-order valence-corrected chi connectivity index (χ4v) is 3.97. The maximum Gasteiger partial charge on any atom is 0.417 e. The maximum atomic E-state index is 14.4. The van der Waals surface area contributed by atoms with Gasteiger partial charge in [-0.05, 0) is 35.7 Å². The Labute approximate surface area is 173 Å². The first-order valence-corrected chi connectivity index (χ1v) is 10.2. The Balaban J connectivity index is 1.87. The summed E-state index contributed by atoms with van der Waals surface area (Å²) in [6.07, 6.45) is -0.684. The monoisotopic (exact) mass is 497 g/mol. The van der Waals surface area contributed by atoms with Gasteiger partial charge in [-0.3, -0.25) is 4.79 Å². The van der Waals surface area contributed by atoms with Crippen LogP contribution in [0.5, 0.6) is 0 Å². The average molecular weight is 499 g/mol. The van der Waals surface area contributed by atoms with Gasteiger partial charge in [0.2, 0.25) is 5.91 Å². The molecule has 27 heavy (non-hydrogen) atoms. The summed E-state index contributed by atoms with van der Waals surface area (Å²) in [7, 11) is 0. The van der Waals surface area contributed by atoms with Crippen LogP contribution in [0.4, 0.5) is 9.18 Å². The Morgan fingerprint density at radius 3 is 2.63 bits per heavy atom. The molecular weight excluding hydrogens is 481 g/mol. The number of aryl methyl sites for hydroxylation is 1. The van der Waals surface area contributed by atoms with E-state index in [1.807, 2.05) is 30.3 Å². The van der Waals surface area contributed by atoms with Crippen molar-refractivity contribution >= 4 is 43.9 Å². The zero-order chi connectivity index (χ0) is 19.7. The molecule has 3 rings (SSSR count). The van der Waals surface area contributed by atoms with Gasteiger partial charge in [-0.15, -0.1) is 0 Å². The number of benzene rings is 2. The van der Waals surface area contributed by atoms with Gasteiger partial charge >= 0.3 is 6.09 Å². The van der Waals surface area contributed by atoms with E-state index in [-0.39, 0.29) is 12.4 Å². The minimum atomic E-state index is -0.779. The number of rotatable bonds is 4. The first-order valence-electron chi connectivity index (χ1n) is 8.45. The summed E-state index contributed by atoms with van der Waals surface area (Å²) in [5, 5.41) is 0. The van der Waals surface area contributed by atoms with E-state index in [4.69, 9.17) is 4.74 Å². The fourth-order valence-electron chi connectivity index (χ4n) is 3.10. The number of carbonyl (C=O) groups excluding carboxylic acids is 2. The third-order valence-corrected chi connectivity index (χ3v) is 6.78. The highest BCUT2D eigenvalue weighted by Crippen LogP contribution is 2.35. The standard InChI is InChI=1S/C20H18Br2FNO3/c1-11-8-16(23)14(9-15(11)21)12(2)18(22)19(25)24-17(10-27-20(24)26)13-6-4-3-5-7-13/h3-9,12,17-18H,10H2,1-2H3/t12-,17-,18+/m0/s1. The topological polar surface area (TPSA) is 46.6 Å². The van der Waals surface area contributed by atoms with Crippen LogP contribution in [0.3, 0.4) is 0 Å². The van der Waals surface area contributed by atoms with E-state index in [2.05, 4.69) is 31.9 Å². The lowest BCUT2D eigenvalue weighted by Crippen LogP contribution is -2.41. The number of hydrogen-bond donors (Lipinski definition) is 0. The molecule has 142 valence electrons. The van der Waals surface area contributed by atoms with Gasteiger partial charge in [-0.1, -0.05) is 69.1 Å². The van der Waals surface area contributed by atoms with Crippen molar-refractivity contribution in [2.24, 2.45) is 0 Å². The molecule has 0 spiro atoms. The van der Waals surface area contributed by atoms with Crippen LogP contribution in [0.1, 0.15) is 35.6 Å². The lowest BCUT2D eigenvalue weighted by atomic mass is 9.95. The van der Waals surface area contributed by atoms with Gasteiger partial charge < -0.3 is 4.74 Å². The Morgan fingerprint density at radius 1 is 1.30 bits per heavy atom. The van der Waals surface area contributed by atoms with Crippen LogP contribution in [0.25, 0.3) is 0 Å². The maximum absolute atomic E-state index is 14.4. The zero-order valence-electron chi connectivity index (χ0n) is 14.8. The molecule has 1 aliphatic rings. The second-order valence-electron chi connectivity index (χ2n) is 6.52. The number of hydrogen-bond acceptors (Lipinski definition) is 3. The van der Waals surface area contributed by atoms with E-state index < -0.39 is 28.8 Å². The van der Waals surface area contributed by atoms with Gasteiger partial charge in [-0.2, -0.15) is 0 Å². The number of nitrogens with zero attached hydrogens (tertiary/aromatic N) is 1. The molecule has 2 amide bonds. The van der Waals surface area contributed by atoms with Crippen molar-refractivity contribution in [3.63, 3.8) is 0 Å². The predicted molar refractivity (Wildman–Crippen MR) is 107 cm³/mol. The molecule has 2 aromatic rings. The summed E-state index contributed by atoms with van der Waals surface area (Å²) in [6, 6.07) is 11.8. The summed E-state index contributed by atoms with van der Waals surface area (Å²) >= 11 is 6.78. The number of imide groups is 1. The Kier molecular flexibility index (Phi) is 6.01. The van der Waals surface area contributed by atoms with Gasteiger partial charge in [0.05, 0.1) is 0 Å². The van der Waals surface area contributed by atoms with Gasteiger partial charge in [0, 0.05) is 10.4 Å². The molecule has 1 fully saturated rings. The third-order valence-electron chi connectivity index (χ3n) is 4.74. The van der Waals surface area contributed by atoms with Crippen molar-refractivity contribution in [3.8, 4) is 0 Å². The first kappa shape index (κ1) is 20.0. The van der Waals surface area contributed by atoms with Crippen LogP contribution in [0.2, 0.25) is 0 Å². The van der Waals surface area contributed by atoms with Crippen LogP contribution in [-0.2, 0) is 9.53 Å². The van der Waals surface area contributed by atoms with Crippen LogP contribution in [0, 0.1) is 12.7 Å². The quantitative estimate of drug-likeness (QED) is 0.524. The lowest BCUT2D eigenvalue weighted by Gasteiger charge is -2.26. The lowest BCUT2D eigenvalue weighted by molar-refractivity contribution is -0.128. The Hall–Kier alpha value is -1.73. The number of amides is 2. The van der Waals surface area contributed by atoms with E-state index in [0.717, 1.165) is 20.5 Å². The van der Waals surface area contributed by atoms with Gasteiger partial charge in [0.15, 0.2) is 0 Å². The van der Waals surface area contributed by atoms with Crippen LogP contribution in [-0.4, -0.2) is 28.3 Å². The number of halogens is 3. The zero-order valence-corrected chi connectivity index (χ0v) is 18.0. The summed E-state index contributed by atoms with van der Waals surface area (Å²) in [5.41, 5.74) is 1.98. The van der Waals surface area contributed by atoms with Gasteiger partial charge in [0.25, 0.3) is 0 Å². The van der Waals surface area contributed by atoms with Gasteiger partial charge in [-0.25, -0.2) is 14.1 Å². The largest absolute Gasteiger partial charge is 0.446 e. The molecule has 3 atom stereocenters. The minimum absolute atomic E-state index is 0.104. The van der Waals surface area contributed by atoms with E-state index >= 15 is 0 Å². The minimum Gasteiger partial charge on any atom is -0.446 e. The molecule has 0 aliphatic carbocycles. The molecule has 2 aromatic carbocycles. The smallest absolute Gasteiger partial charge is 0.417 e.